The summed E-state index contributed by atoms with van der Waals surface area (Å²) >= 11 is 0. The van der Waals surface area contributed by atoms with E-state index in [1.54, 1.807) is 6.07 Å². The maximum atomic E-state index is 12.9. The summed E-state index contributed by atoms with van der Waals surface area (Å²) in [6.07, 6.45) is 0. The number of halogens is 1. The zero-order valence-corrected chi connectivity index (χ0v) is 7.74. The summed E-state index contributed by atoms with van der Waals surface area (Å²) < 4.78 is 17.7. The molecule has 78 valence electrons. The third-order valence-corrected chi connectivity index (χ3v) is 1.65. The van der Waals surface area contributed by atoms with E-state index < -0.39 is 18.4 Å². The molecule has 1 rings (SSSR count). The zero-order chi connectivity index (χ0) is 11.3. The Kier molecular flexibility index (Phi) is 3.77. The fourth-order valence-corrected chi connectivity index (χ4v) is 1.00. The van der Waals surface area contributed by atoms with E-state index in [4.69, 9.17) is 15.1 Å². The summed E-state index contributed by atoms with van der Waals surface area (Å²) in [5.41, 5.74) is 0.487. The average molecular weight is 209 g/mol. The van der Waals surface area contributed by atoms with Gasteiger partial charge in [0.15, 0.2) is 0 Å². The van der Waals surface area contributed by atoms with Crippen LogP contribution in [0.1, 0.15) is 11.1 Å². The molecule has 0 aromatic heterocycles. The smallest absolute Gasteiger partial charge is 0.329 e. The van der Waals surface area contributed by atoms with Crippen molar-refractivity contribution in [2.24, 2.45) is 0 Å². The van der Waals surface area contributed by atoms with Crippen molar-refractivity contribution < 1.29 is 19.0 Å². The molecule has 0 aliphatic carbocycles. The summed E-state index contributed by atoms with van der Waals surface area (Å²) in [5, 5.41) is 16.8. The van der Waals surface area contributed by atoms with Crippen LogP contribution in [0.15, 0.2) is 18.2 Å². The van der Waals surface area contributed by atoms with Gasteiger partial charge < -0.3 is 9.84 Å². The molecule has 4 nitrogen and oxygen atoms in total. The first-order valence-electron chi connectivity index (χ1n) is 4.11. The molecular weight excluding hydrogens is 201 g/mol. The minimum absolute atomic E-state index is 0.0429. The Bertz CT molecular complexity index is 412. The molecular formula is C10H8FNO3. The Labute approximate surface area is 85.5 Å². The second-order valence-electron chi connectivity index (χ2n) is 2.81. The molecule has 0 heterocycles. The molecule has 0 saturated heterocycles. The Morgan fingerprint density at radius 1 is 1.60 bits per heavy atom. The summed E-state index contributed by atoms with van der Waals surface area (Å²) in [7, 11) is 0. The summed E-state index contributed by atoms with van der Waals surface area (Å²) in [4.78, 5) is 10.1. The van der Waals surface area contributed by atoms with E-state index in [1.807, 2.05) is 0 Å². The summed E-state index contributed by atoms with van der Waals surface area (Å²) in [6.45, 7) is -0.374. The topological polar surface area (TPSA) is 70.3 Å². The van der Waals surface area contributed by atoms with Crippen molar-refractivity contribution in [1.29, 1.82) is 5.26 Å². The predicted octanol–water partition coefficient (Wildman–Crippen LogP) is 1.30. The van der Waals surface area contributed by atoms with Gasteiger partial charge in [-0.05, 0) is 17.7 Å². The second-order valence-corrected chi connectivity index (χ2v) is 2.81. The number of benzene rings is 1. The molecule has 0 amide bonds. The molecule has 5 heteroatoms. The van der Waals surface area contributed by atoms with Gasteiger partial charge in [0.05, 0.1) is 12.2 Å². The molecule has 0 aliphatic heterocycles. The SMILES string of the molecule is N#Cc1cc(COCC(=O)O)ccc1F. The Morgan fingerprint density at radius 2 is 2.33 bits per heavy atom. The molecule has 0 fully saturated rings. The molecule has 0 aliphatic rings. The van der Waals surface area contributed by atoms with Crippen LogP contribution in [0.4, 0.5) is 4.39 Å². The number of hydrogen-bond donors (Lipinski definition) is 1. The largest absolute Gasteiger partial charge is 0.480 e. The Morgan fingerprint density at radius 3 is 2.93 bits per heavy atom. The van der Waals surface area contributed by atoms with Crippen molar-refractivity contribution in [3.63, 3.8) is 0 Å². The van der Waals surface area contributed by atoms with Crippen LogP contribution in [-0.4, -0.2) is 17.7 Å². The van der Waals surface area contributed by atoms with E-state index in [0.717, 1.165) is 6.07 Å². The minimum atomic E-state index is -1.07. The summed E-state index contributed by atoms with van der Waals surface area (Å²) in [6, 6.07) is 5.61. The summed E-state index contributed by atoms with van der Waals surface area (Å²) in [5.74, 6) is -1.67. The molecule has 0 radical (unpaired) electrons. The number of hydrogen-bond acceptors (Lipinski definition) is 3. The van der Waals surface area contributed by atoms with Crippen LogP contribution in [-0.2, 0) is 16.1 Å². The monoisotopic (exact) mass is 209 g/mol. The van der Waals surface area contributed by atoms with Crippen molar-refractivity contribution in [3.05, 3.63) is 35.1 Å². The first-order valence-corrected chi connectivity index (χ1v) is 4.11. The van der Waals surface area contributed by atoms with Crippen molar-refractivity contribution in [3.8, 4) is 6.07 Å². The highest BCUT2D eigenvalue weighted by Gasteiger charge is 2.03. The lowest BCUT2D eigenvalue weighted by Gasteiger charge is -2.02. The van der Waals surface area contributed by atoms with Gasteiger partial charge in [-0.2, -0.15) is 5.26 Å². The van der Waals surface area contributed by atoms with E-state index in [9.17, 15) is 9.18 Å². The zero-order valence-electron chi connectivity index (χ0n) is 7.74. The highest BCUT2D eigenvalue weighted by Crippen LogP contribution is 2.10. The third-order valence-electron chi connectivity index (χ3n) is 1.65. The molecule has 0 spiro atoms. The highest BCUT2D eigenvalue weighted by atomic mass is 19.1. The predicted molar refractivity (Wildman–Crippen MR) is 48.4 cm³/mol. The van der Waals surface area contributed by atoms with Gasteiger partial charge in [-0.25, -0.2) is 9.18 Å². The van der Waals surface area contributed by atoms with Gasteiger partial charge in [0.25, 0.3) is 0 Å². The van der Waals surface area contributed by atoms with E-state index >= 15 is 0 Å². The Balaban J connectivity index is 2.63. The van der Waals surface area contributed by atoms with Crippen LogP contribution in [0.3, 0.4) is 0 Å². The normalized spacial score (nSPS) is 9.60. The number of aliphatic carboxylic acids is 1. The standard InChI is InChI=1S/C10H8FNO3/c11-9-2-1-7(3-8(9)4-12)5-15-6-10(13)14/h1-3H,5-6H2,(H,13,14). The lowest BCUT2D eigenvalue weighted by atomic mass is 10.1. The van der Waals surface area contributed by atoms with Crippen LogP contribution in [0, 0.1) is 17.1 Å². The van der Waals surface area contributed by atoms with Crippen LogP contribution in [0.2, 0.25) is 0 Å². The molecule has 1 aromatic rings. The minimum Gasteiger partial charge on any atom is -0.480 e. The van der Waals surface area contributed by atoms with Gasteiger partial charge in [-0.1, -0.05) is 6.07 Å². The van der Waals surface area contributed by atoms with Crippen LogP contribution in [0.25, 0.3) is 0 Å². The maximum absolute atomic E-state index is 12.9. The van der Waals surface area contributed by atoms with E-state index in [2.05, 4.69) is 0 Å². The van der Waals surface area contributed by atoms with Gasteiger partial charge in [-0.15, -0.1) is 0 Å². The van der Waals surface area contributed by atoms with Crippen LogP contribution in [0.5, 0.6) is 0 Å². The third kappa shape index (κ3) is 3.37. The molecule has 1 N–H and O–H groups in total. The number of ether oxygens (including phenoxy) is 1. The number of nitrogens with zero attached hydrogens (tertiary/aromatic N) is 1. The molecule has 15 heavy (non-hydrogen) atoms. The van der Waals surface area contributed by atoms with E-state index in [0.29, 0.717) is 5.56 Å². The Hall–Kier alpha value is -1.93. The fourth-order valence-electron chi connectivity index (χ4n) is 1.00. The fraction of sp³-hybridized carbons (Fsp3) is 0.200. The van der Waals surface area contributed by atoms with Crippen molar-refractivity contribution in [2.75, 3.05) is 6.61 Å². The number of carbonyl (C=O) groups is 1. The lowest BCUT2D eigenvalue weighted by molar-refractivity contribution is -0.142. The van der Waals surface area contributed by atoms with Gasteiger partial charge in [0.2, 0.25) is 0 Å². The highest BCUT2D eigenvalue weighted by molar-refractivity contribution is 5.67. The molecule has 0 saturated carbocycles. The molecule has 0 atom stereocenters. The maximum Gasteiger partial charge on any atom is 0.329 e. The van der Waals surface area contributed by atoms with Crippen molar-refractivity contribution in [2.45, 2.75) is 6.61 Å². The number of nitriles is 1. The van der Waals surface area contributed by atoms with Crippen molar-refractivity contribution >= 4 is 5.97 Å². The first kappa shape index (κ1) is 11.1. The number of carboxylic acid groups (broad SMARTS) is 1. The van der Waals surface area contributed by atoms with Gasteiger partial charge in [0, 0.05) is 0 Å². The van der Waals surface area contributed by atoms with Gasteiger partial charge in [0.1, 0.15) is 18.5 Å². The van der Waals surface area contributed by atoms with Crippen LogP contribution >= 0.6 is 0 Å². The van der Waals surface area contributed by atoms with Gasteiger partial charge >= 0.3 is 5.97 Å². The molecule has 1 aromatic carbocycles. The first-order chi connectivity index (χ1) is 7.13. The lowest BCUT2D eigenvalue weighted by Crippen LogP contribution is -2.06. The molecule has 0 bridgehead atoms. The second kappa shape index (κ2) is 5.08. The number of rotatable bonds is 4. The molecule has 0 unspecified atom stereocenters. The quantitative estimate of drug-likeness (QED) is 0.811. The van der Waals surface area contributed by atoms with Gasteiger partial charge in [-0.3, -0.25) is 0 Å². The van der Waals surface area contributed by atoms with Crippen molar-refractivity contribution in [1.82, 2.24) is 0 Å². The van der Waals surface area contributed by atoms with E-state index in [-0.39, 0.29) is 12.2 Å². The van der Waals surface area contributed by atoms with E-state index in [1.165, 1.54) is 12.1 Å². The average Bonchev–Trinajstić information content (AvgIpc) is 2.20. The van der Waals surface area contributed by atoms with Crippen LogP contribution < -0.4 is 0 Å². The number of carboxylic acids is 1.